The molecule has 0 bridgehead atoms. The summed E-state index contributed by atoms with van der Waals surface area (Å²) >= 11 is 0. The zero-order valence-corrected chi connectivity index (χ0v) is 9.28. The lowest BCUT2D eigenvalue weighted by atomic mass is 10.1. The molecular weight excluding hydrogens is 176 g/mol. The first kappa shape index (κ1) is 10.4. The molecule has 2 saturated heterocycles. The fraction of sp³-hybridized carbons (Fsp3) is 1.00. The predicted molar refractivity (Wildman–Crippen MR) is 57.2 cm³/mol. The van der Waals surface area contributed by atoms with Gasteiger partial charge in [-0.05, 0) is 33.1 Å². The van der Waals surface area contributed by atoms with Crippen LogP contribution in [0.2, 0.25) is 0 Å². The van der Waals surface area contributed by atoms with Crippen LogP contribution >= 0.6 is 0 Å². The maximum Gasteiger partial charge on any atom is 0.0706 e. The molecule has 82 valence electrons. The van der Waals surface area contributed by atoms with Crippen LogP contribution in [-0.4, -0.2) is 42.3 Å². The Balaban J connectivity index is 1.80. The molecule has 4 unspecified atom stereocenters. The summed E-state index contributed by atoms with van der Waals surface area (Å²) < 4.78 is 5.82. The Labute approximate surface area is 86.6 Å². The molecule has 4 atom stereocenters. The molecule has 0 spiro atoms. The van der Waals surface area contributed by atoms with Crippen molar-refractivity contribution in [2.24, 2.45) is 5.73 Å². The van der Waals surface area contributed by atoms with Crippen molar-refractivity contribution in [1.29, 1.82) is 0 Å². The van der Waals surface area contributed by atoms with E-state index in [-0.39, 0.29) is 0 Å². The summed E-state index contributed by atoms with van der Waals surface area (Å²) in [4.78, 5) is 2.48. The van der Waals surface area contributed by atoms with E-state index < -0.39 is 0 Å². The zero-order valence-electron chi connectivity index (χ0n) is 9.28. The van der Waals surface area contributed by atoms with Crippen LogP contribution in [0.15, 0.2) is 0 Å². The van der Waals surface area contributed by atoms with Gasteiger partial charge in [-0.1, -0.05) is 0 Å². The number of hydrogen-bond donors (Lipinski definition) is 1. The van der Waals surface area contributed by atoms with Gasteiger partial charge in [0.1, 0.15) is 0 Å². The van der Waals surface area contributed by atoms with E-state index in [0.29, 0.717) is 24.3 Å². The second-order valence-corrected chi connectivity index (χ2v) is 4.83. The van der Waals surface area contributed by atoms with Gasteiger partial charge in [0, 0.05) is 25.2 Å². The van der Waals surface area contributed by atoms with E-state index in [4.69, 9.17) is 10.5 Å². The molecular formula is C11H22N2O. The molecule has 3 heteroatoms. The molecule has 14 heavy (non-hydrogen) atoms. The second kappa shape index (κ2) is 4.17. The summed E-state index contributed by atoms with van der Waals surface area (Å²) in [5, 5.41) is 0. The summed E-state index contributed by atoms with van der Waals surface area (Å²) in [6.45, 7) is 6.63. The van der Waals surface area contributed by atoms with E-state index in [1.807, 2.05) is 0 Å². The third-order valence-corrected chi connectivity index (χ3v) is 3.70. The average Bonchev–Trinajstić information content (AvgIpc) is 2.67. The van der Waals surface area contributed by atoms with Gasteiger partial charge in [0.15, 0.2) is 0 Å². The topological polar surface area (TPSA) is 38.5 Å². The molecule has 2 aliphatic rings. The summed E-state index contributed by atoms with van der Waals surface area (Å²) in [6.07, 6.45) is 4.51. The molecule has 2 heterocycles. The largest absolute Gasteiger partial charge is 0.374 e. The Hall–Kier alpha value is -0.120. The molecule has 0 aromatic heterocycles. The van der Waals surface area contributed by atoms with Gasteiger partial charge in [-0.3, -0.25) is 4.90 Å². The minimum absolute atomic E-state index is 0.369. The van der Waals surface area contributed by atoms with Gasteiger partial charge in [0.25, 0.3) is 0 Å². The van der Waals surface area contributed by atoms with Crippen LogP contribution in [0.1, 0.15) is 33.1 Å². The van der Waals surface area contributed by atoms with E-state index in [9.17, 15) is 0 Å². The van der Waals surface area contributed by atoms with Gasteiger partial charge in [-0.15, -0.1) is 0 Å². The van der Waals surface area contributed by atoms with Crippen molar-refractivity contribution in [1.82, 2.24) is 4.90 Å². The summed E-state index contributed by atoms with van der Waals surface area (Å²) in [6, 6.07) is 0.906. The Bertz CT molecular complexity index is 198. The van der Waals surface area contributed by atoms with Crippen molar-refractivity contribution in [3.05, 3.63) is 0 Å². The van der Waals surface area contributed by atoms with E-state index in [1.54, 1.807) is 0 Å². The van der Waals surface area contributed by atoms with Crippen LogP contribution in [0.4, 0.5) is 0 Å². The normalized spacial score (nSPS) is 44.8. The first-order valence-electron chi connectivity index (χ1n) is 5.82. The molecule has 2 rings (SSSR count). The summed E-state index contributed by atoms with van der Waals surface area (Å²) in [5.41, 5.74) is 5.99. The van der Waals surface area contributed by atoms with Crippen molar-refractivity contribution in [3.63, 3.8) is 0 Å². The Morgan fingerprint density at radius 3 is 2.57 bits per heavy atom. The highest BCUT2D eigenvalue weighted by molar-refractivity contribution is 4.88. The lowest BCUT2D eigenvalue weighted by Crippen LogP contribution is -2.40. The lowest BCUT2D eigenvalue weighted by Gasteiger charge is -2.25. The van der Waals surface area contributed by atoms with Crippen molar-refractivity contribution in [3.8, 4) is 0 Å². The molecule has 0 aliphatic carbocycles. The molecule has 2 fully saturated rings. The highest BCUT2D eigenvalue weighted by Gasteiger charge is 2.31. The Morgan fingerprint density at radius 2 is 2.07 bits per heavy atom. The molecule has 2 N–H and O–H groups in total. The maximum atomic E-state index is 5.99. The fourth-order valence-corrected chi connectivity index (χ4v) is 2.57. The van der Waals surface area contributed by atoms with Crippen LogP contribution in [0.25, 0.3) is 0 Å². The molecule has 3 nitrogen and oxygen atoms in total. The van der Waals surface area contributed by atoms with Gasteiger partial charge in [0.2, 0.25) is 0 Å². The molecule has 0 aromatic carbocycles. The maximum absolute atomic E-state index is 5.99. The first-order chi connectivity index (χ1) is 6.66. The minimum atomic E-state index is 0.369. The smallest absolute Gasteiger partial charge is 0.0706 e. The molecule has 0 amide bonds. The van der Waals surface area contributed by atoms with Crippen molar-refractivity contribution >= 4 is 0 Å². The SMILES string of the molecule is CC1CCC(CN2CCC(N)C2C)O1. The first-order valence-corrected chi connectivity index (χ1v) is 5.82. The van der Waals surface area contributed by atoms with Crippen LogP contribution in [0.5, 0.6) is 0 Å². The van der Waals surface area contributed by atoms with Gasteiger partial charge >= 0.3 is 0 Å². The zero-order chi connectivity index (χ0) is 10.1. The number of nitrogens with zero attached hydrogens (tertiary/aromatic N) is 1. The van der Waals surface area contributed by atoms with E-state index in [1.165, 1.54) is 12.8 Å². The number of rotatable bonds is 2. The minimum Gasteiger partial charge on any atom is -0.374 e. The predicted octanol–water partition coefficient (Wildman–Crippen LogP) is 0.975. The highest BCUT2D eigenvalue weighted by atomic mass is 16.5. The second-order valence-electron chi connectivity index (χ2n) is 4.83. The van der Waals surface area contributed by atoms with Gasteiger partial charge in [-0.25, -0.2) is 0 Å². The van der Waals surface area contributed by atoms with Crippen molar-refractivity contribution in [2.45, 2.75) is 57.4 Å². The highest BCUT2D eigenvalue weighted by Crippen LogP contribution is 2.23. The van der Waals surface area contributed by atoms with Crippen molar-refractivity contribution < 1.29 is 4.74 Å². The average molecular weight is 198 g/mol. The lowest BCUT2D eigenvalue weighted by molar-refractivity contribution is 0.0296. The monoisotopic (exact) mass is 198 g/mol. The molecule has 2 aliphatic heterocycles. The van der Waals surface area contributed by atoms with E-state index in [0.717, 1.165) is 19.5 Å². The molecule has 0 aromatic rings. The molecule has 0 radical (unpaired) electrons. The number of ether oxygens (including phenoxy) is 1. The quantitative estimate of drug-likeness (QED) is 0.718. The van der Waals surface area contributed by atoms with E-state index in [2.05, 4.69) is 18.7 Å². The molecule has 0 saturated carbocycles. The van der Waals surface area contributed by atoms with Crippen LogP contribution in [0.3, 0.4) is 0 Å². The van der Waals surface area contributed by atoms with Crippen molar-refractivity contribution in [2.75, 3.05) is 13.1 Å². The van der Waals surface area contributed by atoms with Crippen LogP contribution in [-0.2, 0) is 4.74 Å². The third kappa shape index (κ3) is 2.10. The van der Waals surface area contributed by atoms with Gasteiger partial charge < -0.3 is 10.5 Å². The number of nitrogens with two attached hydrogens (primary N) is 1. The van der Waals surface area contributed by atoms with Gasteiger partial charge in [-0.2, -0.15) is 0 Å². The van der Waals surface area contributed by atoms with Crippen LogP contribution < -0.4 is 5.73 Å². The Morgan fingerprint density at radius 1 is 1.29 bits per heavy atom. The van der Waals surface area contributed by atoms with E-state index >= 15 is 0 Å². The van der Waals surface area contributed by atoms with Crippen LogP contribution in [0, 0.1) is 0 Å². The summed E-state index contributed by atoms with van der Waals surface area (Å²) in [7, 11) is 0. The third-order valence-electron chi connectivity index (χ3n) is 3.70. The number of hydrogen-bond acceptors (Lipinski definition) is 3. The standard InChI is InChI=1S/C11H22N2O/c1-8-3-4-10(14-8)7-13-6-5-11(12)9(13)2/h8-11H,3-7,12H2,1-2H3. The Kier molecular flexibility index (Phi) is 3.10. The fourth-order valence-electron chi connectivity index (χ4n) is 2.57. The summed E-state index contributed by atoms with van der Waals surface area (Å²) in [5.74, 6) is 0. The number of likely N-dealkylation sites (tertiary alicyclic amines) is 1. The van der Waals surface area contributed by atoms with Gasteiger partial charge in [0.05, 0.1) is 12.2 Å².